The lowest BCUT2D eigenvalue weighted by Gasteiger charge is -2.08. The summed E-state index contributed by atoms with van der Waals surface area (Å²) in [5, 5.41) is 0. The van der Waals surface area contributed by atoms with Crippen LogP contribution < -0.4 is 5.73 Å². The van der Waals surface area contributed by atoms with Gasteiger partial charge >= 0.3 is 6.18 Å². The number of fused-ring (bicyclic) bond motifs is 1. The molecular formula is C8H5F3N2O. The van der Waals surface area contributed by atoms with Crippen LogP contribution in [0.1, 0.15) is 5.56 Å². The molecule has 2 rings (SSSR count). The molecule has 2 N–H and O–H groups in total. The van der Waals surface area contributed by atoms with Crippen molar-refractivity contribution in [2.24, 2.45) is 0 Å². The van der Waals surface area contributed by atoms with Gasteiger partial charge in [-0.2, -0.15) is 13.2 Å². The van der Waals surface area contributed by atoms with Gasteiger partial charge in [0.25, 0.3) is 0 Å². The van der Waals surface area contributed by atoms with Gasteiger partial charge in [-0.3, -0.25) is 0 Å². The fourth-order valence-corrected chi connectivity index (χ4v) is 1.16. The molecule has 0 aliphatic carbocycles. The number of nitrogen functional groups attached to an aromatic ring is 1. The Labute approximate surface area is 76.3 Å². The average molecular weight is 202 g/mol. The zero-order chi connectivity index (χ0) is 10.3. The smallest absolute Gasteiger partial charge is 0.418 e. The number of nitrogens with zero attached hydrogens (tertiary/aromatic N) is 1. The Kier molecular flexibility index (Phi) is 1.67. The van der Waals surface area contributed by atoms with E-state index in [-0.39, 0.29) is 16.8 Å². The SMILES string of the molecule is Nc1cc2ocnc2cc1C(F)(F)F. The Balaban J connectivity index is 2.71. The molecule has 0 amide bonds. The monoisotopic (exact) mass is 202 g/mol. The molecule has 0 atom stereocenters. The minimum Gasteiger partial charge on any atom is -0.443 e. The van der Waals surface area contributed by atoms with Crippen LogP contribution in [0, 0.1) is 0 Å². The molecular weight excluding hydrogens is 197 g/mol. The third kappa shape index (κ3) is 1.28. The van der Waals surface area contributed by atoms with Crippen molar-refractivity contribution >= 4 is 16.8 Å². The largest absolute Gasteiger partial charge is 0.443 e. The number of hydrogen-bond donors (Lipinski definition) is 1. The first-order valence-electron chi connectivity index (χ1n) is 3.68. The van der Waals surface area contributed by atoms with Gasteiger partial charge in [-0.05, 0) is 6.07 Å². The molecule has 1 aromatic heterocycles. The number of benzene rings is 1. The third-order valence-electron chi connectivity index (χ3n) is 1.81. The van der Waals surface area contributed by atoms with Gasteiger partial charge in [0, 0.05) is 11.8 Å². The Morgan fingerprint density at radius 3 is 2.64 bits per heavy atom. The summed E-state index contributed by atoms with van der Waals surface area (Å²) >= 11 is 0. The van der Waals surface area contributed by atoms with Crippen molar-refractivity contribution in [1.82, 2.24) is 4.98 Å². The zero-order valence-electron chi connectivity index (χ0n) is 6.80. The molecule has 2 aromatic rings. The predicted molar refractivity (Wildman–Crippen MR) is 43.4 cm³/mol. The lowest BCUT2D eigenvalue weighted by Crippen LogP contribution is -2.08. The summed E-state index contributed by atoms with van der Waals surface area (Å²) in [5.74, 6) is 0. The first kappa shape index (κ1) is 8.86. The van der Waals surface area contributed by atoms with Crippen LogP contribution in [-0.4, -0.2) is 4.98 Å². The molecule has 3 nitrogen and oxygen atoms in total. The number of oxazole rings is 1. The summed E-state index contributed by atoms with van der Waals surface area (Å²) in [7, 11) is 0. The van der Waals surface area contributed by atoms with E-state index in [1.807, 2.05) is 0 Å². The summed E-state index contributed by atoms with van der Waals surface area (Å²) in [4.78, 5) is 3.61. The van der Waals surface area contributed by atoms with Crippen molar-refractivity contribution in [3.63, 3.8) is 0 Å². The number of halogens is 3. The van der Waals surface area contributed by atoms with E-state index in [1.54, 1.807) is 0 Å². The highest BCUT2D eigenvalue weighted by Gasteiger charge is 2.33. The van der Waals surface area contributed by atoms with Crippen molar-refractivity contribution in [1.29, 1.82) is 0 Å². The highest BCUT2D eigenvalue weighted by molar-refractivity contribution is 5.78. The van der Waals surface area contributed by atoms with E-state index in [9.17, 15) is 13.2 Å². The van der Waals surface area contributed by atoms with Crippen LogP contribution in [0.5, 0.6) is 0 Å². The van der Waals surface area contributed by atoms with Crippen molar-refractivity contribution < 1.29 is 17.6 Å². The maximum atomic E-state index is 12.3. The van der Waals surface area contributed by atoms with Crippen LogP contribution in [0.25, 0.3) is 11.1 Å². The molecule has 6 heteroatoms. The van der Waals surface area contributed by atoms with Gasteiger partial charge in [0.1, 0.15) is 5.52 Å². The van der Waals surface area contributed by atoms with E-state index in [1.165, 1.54) is 0 Å². The molecule has 0 spiro atoms. The number of rotatable bonds is 0. The normalized spacial score (nSPS) is 12.2. The molecule has 74 valence electrons. The first-order chi connectivity index (χ1) is 6.48. The summed E-state index contributed by atoms with van der Waals surface area (Å²) in [5.41, 5.74) is 4.37. The molecule has 0 saturated carbocycles. The van der Waals surface area contributed by atoms with Gasteiger partial charge in [0.2, 0.25) is 0 Å². The standard InChI is InChI=1S/C8H5F3N2O/c9-8(10,11)4-1-6-7(2-5(4)12)14-3-13-6/h1-3H,12H2. The second kappa shape index (κ2) is 2.63. The molecule has 0 bridgehead atoms. The number of anilines is 1. The second-order valence-electron chi connectivity index (χ2n) is 2.76. The Morgan fingerprint density at radius 1 is 1.29 bits per heavy atom. The van der Waals surface area contributed by atoms with Crippen LogP contribution in [0.3, 0.4) is 0 Å². The van der Waals surface area contributed by atoms with Gasteiger partial charge in [-0.15, -0.1) is 0 Å². The Bertz CT molecular complexity index is 475. The number of alkyl halides is 3. The van der Waals surface area contributed by atoms with Gasteiger partial charge in [-0.1, -0.05) is 0 Å². The van der Waals surface area contributed by atoms with Crippen molar-refractivity contribution in [3.05, 3.63) is 24.1 Å². The molecule has 0 radical (unpaired) electrons. The van der Waals surface area contributed by atoms with Gasteiger partial charge in [-0.25, -0.2) is 4.98 Å². The quantitative estimate of drug-likeness (QED) is 0.667. The lowest BCUT2D eigenvalue weighted by molar-refractivity contribution is -0.136. The van der Waals surface area contributed by atoms with Crippen LogP contribution in [0.15, 0.2) is 22.9 Å². The highest BCUT2D eigenvalue weighted by atomic mass is 19.4. The summed E-state index contributed by atoms with van der Waals surface area (Å²) in [6.07, 6.45) is -3.39. The fraction of sp³-hybridized carbons (Fsp3) is 0.125. The van der Waals surface area contributed by atoms with Gasteiger partial charge < -0.3 is 10.2 Å². The summed E-state index contributed by atoms with van der Waals surface area (Å²) in [6.45, 7) is 0. The summed E-state index contributed by atoms with van der Waals surface area (Å²) in [6, 6.07) is 1.99. The van der Waals surface area contributed by atoms with E-state index in [0.717, 1.165) is 18.5 Å². The van der Waals surface area contributed by atoms with Crippen LogP contribution in [0.2, 0.25) is 0 Å². The maximum absolute atomic E-state index is 12.3. The predicted octanol–water partition coefficient (Wildman–Crippen LogP) is 2.43. The minimum atomic E-state index is -4.46. The van der Waals surface area contributed by atoms with Crippen molar-refractivity contribution in [2.45, 2.75) is 6.18 Å². The summed E-state index contributed by atoms with van der Waals surface area (Å²) < 4.78 is 41.8. The number of nitrogens with two attached hydrogens (primary N) is 1. The maximum Gasteiger partial charge on any atom is 0.418 e. The van der Waals surface area contributed by atoms with E-state index >= 15 is 0 Å². The fourth-order valence-electron chi connectivity index (χ4n) is 1.16. The van der Waals surface area contributed by atoms with E-state index in [2.05, 4.69) is 4.98 Å². The average Bonchev–Trinajstić information content (AvgIpc) is 2.47. The topological polar surface area (TPSA) is 52.0 Å². The Morgan fingerprint density at radius 2 is 2.00 bits per heavy atom. The van der Waals surface area contributed by atoms with Crippen molar-refractivity contribution in [3.8, 4) is 0 Å². The third-order valence-corrected chi connectivity index (χ3v) is 1.81. The zero-order valence-corrected chi connectivity index (χ0v) is 6.80. The molecule has 0 aliphatic heterocycles. The van der Waals surface area contributed by atoms with Crippen LogP contribution >= 0.6 is 0 Å². The molecule has 1 heterocycles. The highest BCUT2D eigenvalue weighted by Crippen LogP contribution is 2.35. The second-order valence-corrected chi connectivity index (χ2v) is 2.76. The lowest BCUT2D eigenvalue weighted by atomic mass is 10.1. The first-order valence-corrected chi connectivity index (χ1v) is 3.68. The molecule has 1 aromatic carbocycles. The van der Waals surface area contributed by atoms with Gasteiger partial charge in [0.15, 0.2) is 12.0 Å². The van der Waals surface area contributed by atoms with E-state index < -0.39 is 11.7 Å². The van der Waals surface area contributed by atoms with E-state index in [0.29, 0.717) is 0 Å². The number of aromatic nitrogens is 1. The Hall–Kier alpha value is -1.72. The molecule has 0 saturated heterocycles. The number of hydrogen-bond acceptors (Lipinski definition) is 3. The van der Waals surface area contributed by atoms with E-state index in [4.69, 9.17) is 10.2 Å². The molecule has 14 heavy (non-hydrogen) atoms. The van der Waals surface area contributed by atoms with Gasteiger partial charge in [0.05, 0.1) is 5.56 Å². The molecule has 0 unspecified atom stereocenters. The van der Waals surface area contributed by atoms with Crippen molar-refractivity contribution in [2.75, 3.05) is 5.73 Å². The molecule has 0 fully saturated rings. The minimum absolute atomic E-state index is 0.145. The van der Waals surface area contributed by atoms with Crippen LogP contribution in [-0.2, 0) is 6.18 Å². The van der Waals surface area contributed by atoms with Crippen LogP contribution in [0.4, 0.5) is 18.9 Å². The molecule has 0 aliphatic rings.